The summed E-state index contributed by atoms with van der Waals surface area (Å²) in [5.41, 5.74) is 2.69. The molecule has 2 aromatic carbocycles. The van der Waals surface area contributed by atoms with Crippen molar-refractivity contribution in [2.45, 2.75) is 65.1 Å². The molecule has 0 atom stereocenters. The number of esters is 2. The zero-order valence-electron chi connectivity index (χ0n) is 33.4. The number of Topliss-reactive ketones (excluding diaryl/α,β-unsaturated/α-hetero) is 2. The fourth-order valence-electron chi connectivity index (χ4n) is 6.19. The smallest absolute Gasteiger partial charge is 0.454 e. The maximum atomic E-state index is 13.3. The number of hydrogen-bond donors (Lipinski definition) is 4. The molecule has 14 nitrogen and oxygen atoms in total. The topological polar surface area (TPSA) is 195 Å². The van der Waals surface area contributed by atoms with Gasteiger partial charge in [0.05, 0.1) is 39.0 Å². The third kappa shape index (κ3) is 11.3. The molecule has 2 aromatic heterocycles. The predicted octanol–water partition coefficient (Wildman–Crippen LogP) is 7.51. The zero-order chi connectivity index (χ0) is 44.7. The first kappa shape index (κ1) is 47.8. The number of amides is 2. The molecule has 0 radical (unpaired) electrons. The van der Waals surface area contributed by atoms with Crippen LogP contribution in [0.15, 0.2) is 41.0 Å². The van der Waals surface area contributed by atoms with Crippen molar-refractivity contribution in [1.82, 2.24) is 9.13 Å². The van der Waals surface area contributed by atoms with Crippen molar-refractivity contribution in [3.63, 3.8) is 0 Å². The lowest BCUT2D eigenvalue weighted by Gasteiger charge is -2.09. The Balaban J connectivity index is 0.000000232. The molecule has 20 heteroatoms. The molecule has 2 heterocycles. The second-order valence-electron chi connectivity index (χ2n) is 13.8. The van der Waals surface area contributed by atoms with Gasteiger partial charge in [0.2, 0.25) is 0 Å². The van der Waals surface area contributed by atoms with E-state index in [2.05, 4.69) is 26.6 Å². The van der Waals surface area contributed by atoms with Gasteiger partial charge in [0.15, 0.2) is 0 Å². The lowest BCUT2D eigenvalue weighted by Crippen LogP contribution is -2.19. The van der Waals surface area contributed by atoms with Crippen molar-refractivity contribution in [3.8, 4) is 0 Å². The molecular weight excluding hydrogens is 896 g/mol. The summed E-state index contributed by atoms with van der Waals surface area (Å²) in [4.78, 5) is 74.2. The number of carbonyl (C=O) groups is 6. The van der Waals surface area contributed by atoms with Gasteiger partial charge in [0, 0.05) is 31.2 Å². The summed E-state index contributed by atoms with van der Waals surface area (Å²) in [5.74, 6) is -5.42. The number of ketones is 2. The van der Waals surface area contributed by atoms with Gasteiger partial charge in [-0.2, -0.15) is 0 Å². The molecule has 2 aliphatic rings. The first-order valence-electron chi connectivity index (χ1n) is 18.6. The number of aromatic nitrogens is 2. The quantitative estimate of drug-likeness (QED) is 0.0478. The Morgan fingerprint density at radius 2 is 1.17 bits per heavy atom. The average molecular weight is 938 g/mol. The largest absolute Gasteiger partial charge is 0.460 e. The molecule has 60 heavy (non-hydrogen) atoms. The lowest BCUT2D eigenvalue weighted by molar-refractivity contribution is -0.138. The van der Waals surface area contributed by atoms with Crippen molar-refractivity contribution in [3.05, 3.63) is 102 Å². The molecule has 4 aromatic rings. The van der Waals surface area contributed by atoms with Crippen LogP contribution in [0, 0.1) is 25.5 Å². The number of ether oxygens (including phenoxy) is 2. The van der Waals surface area contributed by atoms with Crippen molar-refractivity contribution in [2.24, 2.45) is 14.1 Å². The number of nitrogens with one attached hydrogen (secondary N) is 2. The molecule has 6 rings (SSSR count). The highest BCUT2D eigenvalue weighted by Crippen LogP contribution is 2.44. The highest BCUT2D eigenvalue weighted by Gasteiger charge is 2.38. The fourth-order valence-corrected chi connectivity index (χ4v) is 7.21. The number of nitrogens with zero attached hydrogens (tertiary/aromatic N) is 2. The molecule has 2 aliphatic carbocycles. The molecule has 0 bridgehead atoms. The summed E-state index contributed by atoms with van der Waals surface area (Å²) in [6.07, 6.45) is 3.76. The van der Waals surface area contributed by atoms with Crippen LogP contribution in [0.3, 0.4) is 0 Å². The second kappa shape index (κ2) is 20.6. The van der Waals surface area contributed by atoms with Crippen LogP contribution in [0.2, 0.25) is 15.9 Å². The van der Waals surface area contributed by atoms with Crippen LogP contribution < -0.4 is 10.6 Å². The summed E-state index contributed by atoms with van der Waals surface area (Å²) < 4.78 is 39.5. The summed E-state index contributed by atoms with van der Waals surface area (Å²) >= 11 is 14.7. The van der Waals surface area contributed by atoms with Gasteiger partial charge in [-0.05, 0) is 116 Å². The van der Waals surface area contributed by atoms with Crippen molar-refractivity contribution >= 4 is 92.9 Å². The molecular formula is C40H42BBrCl2F2N4O10. The van der Waals surface area contributed by atoms with Crippen molar-refractivity contribution in [2.75, 3.05) is 23.8 Å². The minimum atomic E-state index is -1.04. The van der Waals surface area contributed by atoms with Crippen LogP contribution in [-0.4, -0.2) is 74.8 Å². The number of carbonyl (C=O) groups excluding carboxylic acids is 6. The number of halogens is 5. The Morgan fingerprint density at radius 1 is 0.750 bits per heavy atom. The van der Waals surface area contributed by atoms with Crippen LogP contribution in [0.25, 0.3) is 0 Å². The van der Waals surface area contributed by atoms with E-state index in [4.69, 9.17) is 42.7 Å². The maximum absolute atomic E-state index is 13.3. The Kier molecular flexibility index (Phi) is 16.4. The molecule has 0 unspecified atom stereocenters. The zero-order valence-corrected chi connectivity index (χ0v) is 36.5. The Hall–Kier alpha value is -4.88. The Morgan fingerprint density at radius 3 is 1.53 bits per heavy atom. The molecule has 0 spiro atoms. The maximum Gasteiger partial charge on any atom is 0.454 e. The fraction of sp³-hybridized carbons (Fsp3) is 0.350. The summed E-state index contributed by atoms with van der Waals surface area (Å²) in [5, 5.41) is 21.5. The minimum absolute atomic E-state index is 0.0493. The number of hydrogen-bond acceptors (Lipinski definition) is 10. The van der Waals surface area contributed by atoms with Crippen LogP contribution in [0.5, 0.6) is 0 Å². The SMILES string of the molecule is CCOC(=O)C(=O)c1c(C)c(C(=O)Nc2ccc(F)c(Cl)c2)n(C)c1Br.CCOC(=O)C(=O)c1c(C)c(C(=O)Nc2ccc(F)c(Cl)c2)n(C)c1C1CC1.OB(O)C1CC1. The van der Waals surface area contributed by atoms with E-state index in [1.807, 2.05) is 0 Å². The predicted molar refractivity (Wildman–Crippen MR) is 224 cm³/mol. The summed E-state index contributed by atoms with van der Waals surface area (Å²) in [7, 11) is 2.21. The van der Waals surface area contributed by atoms with Crippen LogP contribution >= 0.6 is 39.1 Å². The lowest BCUT2D eigenvalue weighted by atomic mass is 9.84. The highest BCUT2D eigenvalue weighted by molar-refractivity contribution is 9.10. The first-order valence-corrected chi connectivity index (χ1v) is 20.2. The Labute approximate surface area is 362 Å². The van der Waals surface area contributed by atoms with Crippen molar-refractivity contribution in [1.29, 1.82) is 0 Å². The van der Waals surface area contributed by atoms with Gasteiger partial charge in [0.1, 0.15) is 23.0 Å². The van der Waals surface area contributed by atoms with E-state index >= 15 is 0 Å². The normalized spacial score (nSPS) is 12.9. The summed E-state index contributed by atoms with van der Waals surface area (Å²) in [6, 6.07) is 7.61. The van der Waals surface area contributed by atoms with E-state index in [9.17, 15) is 37.5 Å². The van der Waals surface area contributed by atoms with Crippen LogP contribution in [-0.2, 0) is 33.2 Å². The highest BCUT2D eigenvalue weighted by atomic mass is 79.9. The number of anilines is 2. The monoisotopic (exact) mass is 936 g/mol. The van der Waals surface area contributed by atoms with Gasteiger partial charge in [-0.3, -0.25) is 19.2 Å². The number of rotatable bonds is 12. The summed E-state index contributed by atoms with van der Waals surface area (Å²) in [6.45, 7) is 6.54. The number of benzene rings is 2. The van der Waals surface area contributed by atoms with Gasteiger partial charge in [0.25, 0.3) is 23.4 Å². The molecule has 0 aliphatic heterocycles. The molecule has 4 N–H and O–H groups in total. The minimum Gasteiger partial charge on any atom is -0.460 e. The molecule has 0 saturated heterocycles. The van der Waals surface area contributed by atoms with Gasteiger partial charge >= 0.3 is 19.1 Å². The van der Waals surface area contributed by atoms with Gasteiger partial charge in [-0.15, -0.1) is 0 Å². The van der Waals surface area contributed by atoms with Crippen LogP contribution in [0.4, 0.5) is 20.2 Å². The van der Waals surface area contributed by atoms with E-state index in [0.717, 1.165) is 37.8 Å². The van der Waals surface area contributed by atoms with Crippen molar-refractivity contribution < 1.29 is 57.1 Å². The van der Waals surface area contributed by atoms with Gasteiger partial charge < -0.3 is 39.3 Å². The first-order chi connectivity index (χ1) is 28.2. The Bertz CT molecular complexity index is 2340. The van der Waals surface area contributed by atoms with E-state index in [1.54, 1.807) is 46.4 Å². The molecule has 2 saturated carbocycles. The van der Waals surface area contributed by atoms with Gasteiger partial charge in [-0.25, -0.2) is 18.4 Å². The van der Waals surface area contributed by atoms with E-state index in [-0.39, 0.29) is 67.8 Å². The average Bonchev–Trinajstić information content (AvgIpc) is 4.12. The third-order valence-electron chi connectivity index (χ3n) is 9.42. The van der Waals surface area contributed by atoms with E-state index in [0.29, 0.717) is 22.5 Å². The molecule has 320 valence electrons. The van der Waals surface area contributed by atoms with Gasteiger partial charge in [-0.1, -0.05) is 36.0 Å². The second-order valence-corrected chi connectivity index (χ2v) is 15.3. The van der Waals surface area contributed by atoms with E-state index in [1.165, 1.54) is 28.8 Å². The van der Waals surface area contributed by atoms with Crippen LogP contribution in [0.1, 0.15) is 104 Å². The van der Waals surface area contributed by atoms with E-state index < -0.39 is 54.1 Å². The standard InChI is InChI=1S/C20H20ClFN2O4.C17H15BrClFN2O4.C3H7BO2/c1-4-28-20(27)18(25)15-10(2)16(24(3)17(15)11-5-6-11)19(26)23-12-7-8-14(22)13(21)9-12;1-4-26-17(25)14(23)12-8(2)13(22(3)15(12)18)16(24)21-9-5-6-11(20)10(19)7-9;5-4(6)3-1-2-3/h7-9,11H,4-6H2,1-3H3,(H,23,26);5-7H,4H2,1-3H3,(H,21,24);3,5-6H,1-2H2. The molecule has 2 fully saturated rings. The molecule has 2 amide bonds. The third-order valence-corrected chi connectivity index (χ3v) is 10.9.